The van der Waals surface area contributed by atoms with Gasteiger partial charge in [-0.1, -0.05) is 30.2 Å². The molecule has 6 nitrogen and oxygen atoms in total. The van der Waals surface area contributed by atoms with Crippen molar-refractivity contribution in [3.63, 3.8) is 0 Å². The minimum absolute atomic E-state index is 0.201. The topological polar surface area (TPSA) is 72.7 Å². The monoisotopic (exact) mass is 387 g/mol. The average Bonchev–Trinajstić information content (AvgIpc) is 3.22. The second kappa shape index (κ2) is 7.55. The third-order valence-electron chi connectivity index (χ3n) is 4.42. The van der Waals surface area contributed by atoms with Crippen LogP contribution in [0.1, 0.15) is 41.4 Å². The summed E-state index contributed by atoms with van der Waals surface area (Å²) in [6.45, 7) is 1.28. The first kappa shape index (κ1) is 17.2. The van der Waals surface area contributed by atoms with E-state index in [0.29, 0.717) is 17.3 Å². The van der Waals surface area contributed by atoms with Gasteiger partial charge in [0.1, 0.15) is 16.5 Å². The normalized spacial score (nSPS) is 13.9. The van der Waals surface area contributed by atoms with E-state index >= 15 is 0 Å². The van der Waals surface area contributed by atoms with Crippen molar-refractivity contribution in [2.75, 3.05) is 0 Å². The van der Waals surface area contributed by atoms with E-state index in [1.807, 2.05) is 24.3 Å². The number of hydrogen-bond acceptors (Lipinski definition) is 5. The van der Waals surface area contributed by atoms with E-state index in [1.54, 1.807) is 5.38 Å². The molecular formula is C18H18ClN5OS. The van der Waals surface area contributed by atoms with Crippen molar-refractivity contribution in [2.24, 2.45) is 0 Å². The van der Waals surface area contributed by atoms with Crippen LogP contribution in [0.3, 0.4) is 0 Å². The molecule has 8 heteroatoms. The smallest absolute Gasteiger partial charge is 0.271 e. The molecule has 0 bridgehead atoms. The molecule has 3 aromatic rings. The number of carbonyl (C=O) groups excluding carboxylic acids is 1. The van der Waals surface area contributed by atoms with E-state index in [-0.39, 0.29) is 5.91 Å². The van der Waals surface area contributed by atoms with Gasteiger partial charge in [0, 0.05) is 28.9 Å². The lowest BCUT2D eigenvalue weighted by Crippen LogP contribution is -2.25. The van der Waals surface area contributed by atoms with Crippen molar-refractivity contribution in [2.45, 2.75) is 38.8 Å². The van der Waals surface area contributed by atoms with Gasteiger partial charge in [-0.05, 0) is 25.0 Å². The lowest BCUT2D eigenvalue weighted by atomic mass is 10.2. The molecule has 1 aromatic carbocycles. The molecule has 0 spiro atoms. The maximum atomic E-state index is 12.4. The van der Waals surface area contributed by atoms with Crippen LogP contribution in [0.15, 0.2) is 29.6 Å². The summed E-state index contributed by atoms with van der Waals surface area (Å²) in [6, 6.07) is 7.42. The van der Waals surface area contributed by atoms with E-state index in [0.717, 1.165) is 48.0 Å². The molecule has 0 saturated carbocycles. The number of fused-ring (bicyclic) bond motifs is 1. The summed E-state index contributed by atoms with van der Waals surface area (Å²) in [6.07, 6.45) is 4.44. The molecular weight excluding hydrogens is 370 g/mol. The first-order chi connectivity index (χ1) is 12.7. The molecule has 1 aliphatic heterocycles. The molecule has 0 radical (unpaired) electrons. The van der Waals surface area contributed by atoms with Crippen LogP contribution in [-0.2, 0) is 19.5 Å². The molecule has 0 aliphatic carbocycles. The molecule has 26 heavy (non-hydrogen) atoms. The van der Waals surface area contributed by atoms with Gasteiger partial charge in [-0.3, -0.25) is 4.79 Å². The van der Waals surface area contributed by atoms with Crippen molar-refractivity contribution in [1.82, 2.24) is 25.1 Å². The van der Waals surface area contributed by atoms with Crippen LogP contribution in [0.5, 0.6) is 0 Å². The first-order valence-corrected chi connectivity index (χ1v) is 9.87. The van der Waals surface area contributed by atoms with Crippen molar-refractivity contribution in [3.8, 4) is 10.6 Å². The number of rotatable bonds is 4. The van der Waals surface area contributed by atoms with E-state index in [9.17, 15) is 4.79 Å². The highest BCUT2D eigenvalue weighted by atomic mass is 35.5. The lowest BCUT2D eigenvalue weighted by molar-refractivity contribution is 0.0945. The SMILES string of the molecule is O=C(NCc1nnc2n1CCCCC2)c1csc(-c2ccc(Cl)cc2)n1. The Morgan fingerprint density at radius 2 is 2.04 bits per heavy atom. The Morgan fingerprint density at radius 1 is 1.19 bits per heavy atom. The molecule has 2 aromatic heterocycles. The van der Waals surface area contributed by atoms with Crippen molar-refractivity contribution in [1.29, 1.82) is 0 Å². The summed E-state index contributed by atoms with van der Waals surface area (Å²) in [5.41, 5.74) is 1.36. The molecule has 1 N–H and O–H groups in total. The Bertz CT molecular complexity index is 918. The van der Waals surface area contributed by atoms with Crippen LogP contribution >= 0.6 is 22.9 Å². The van der Waals surface area contributed by atoms with Crippen LogP contribution in [0.25, 0.3) is 10.6 Å². The third-order valence-corrected chi connectivity index (χ3v) is 5.56. The van der Waals surface area contributed by atoms with Crippen LogP contribution in [0.2, 0.25) is 5.02 Å². The maximum absolute atomic E-state index is 12.4. The van der Waals surface area contributed by atoms with Gasteiger partial charge in [0.05, 0.1) is 6.54 Å². The Hall–Kier alpha value is -2.25. The quantitative estimate of drug-likeness (QED) is 0.740. The molecule has 134 valence electrons. The Morgan fingerprint density at radius 3 is 2.88 bits per heavy atom. The van der Waals surface area contributed by atoms with Crippen molar-refractivity contribution in [3.05, 3.63) is 52.0 Å². The minimum atomic E-state index is -0.201. The number of nitrogens with zero attached hydrogens (tertiary/aromatic N) is 4. The summed E-state index contributed by atoms with van der Waals surface area (Å²) in [5.74, 6) is 1.63. The van der Waals surface area contributed by atoms with Gasteiger partial charge in [-0.15, -0.1) is 21.5 Å². The zero-order chi connectivity index (χ0) is 17.9. The van der Waals surface area contributed by atoms with Crippen LogP contribution in [-0.4, -0.2) is 25.7 Å². The average molecular weight is 388 g/mol. The van der Waals surface area contributed by atoms with Gasteiger partial charge in [-0.2, -0.15) is 0 Å². The number of hydrogen-bond donors (Lipinski definition) is 1. The third kappa shape index (κ3) is 3.64. The second-order valence-corrected chi connectivity index (χ2v) is 7.52. The maximum Gasteiger partial charge on any atom is 0.271 e. The zero-order valence-electron chi connectivity index (χ0n) is 14.1. The number of amides is 1. The largest absolute Gasteiger partial charge is 0.343 e. The van der Waals surface area contributed by atoms with Crippen LogP contribution < -0.4 is 5.32 Å². The van der Waals surface area contributed by atoms with E-state index in [2.05, 4.69) is 25.1 Å². The fraction of sp³-hybridized carbons (Fsp3) is 0.333. The summed E-state index contributed by atoms with van der Waals surface area (Å²) in [4.78, 5) is 16.9. The number of thiazole rings is 1. The molecule has 0 atom stereocenters. The second-order valence-electron chi connectivity index (χ2n) is 6.22. The van der Waals surface area contributed by atoms with E-state index in [1.165, 1.54) is 17.8 Å². The van der Waals surface area contributed by atoms with Gasteiger partial charge in [0.2, 0.25) is 0 Å². The number of aryl methyl sites for hydroxylation is 1. The van der Waals surface area contributed by atoms with Gasteiger partial charge >= 0.3 is 0 Å². The Kier molecular flexibility index (Phi) is 4.99. The minimum Gasteiger partial charge on any atom is -0.343 e. The zero-order valence-corrected chi connectivity index (χ0v) is 15.7. The van der Waals surface area contributed by atoms with E-state index in [4.69, 9.17) is 11.6 Å². The standard InChI is InChI=1S/C18H18ClN5OS/c19-13-7-5-12(6-8-13)18-21-14(11-26-18)17(25)20-10-16-23-22-15-4-2-1-3-9-24(15)16/h5-8,11H,1-4,9-10H2,(H,20,25). The number of halogens is 1. The summed E-state index contributed by atoms with van der Waals surface area (Å²) in [5, 5.41) is 14.6. The summed E-state index contributed by atoms with van der Waals surface area (Å²) < 4.78 is 2.13. The molecule has 4 rings (SSSR count). The summed E-state index contributed by atoms with van der Waals surface area (Å²) >= 11 is 7.35. The molecule has 0 saturated heterocycles. The highest BCUT2D eigenvalue weighted by Crippen LogP contribution is 2.25. The Balaban J connectivity index is 1.43. The molecule has 0 unspecified atom stereocenters. The first-order valence-electron chi connectivity index (χ1n) is 8.61. The molecule has 3 heterocycles. The highest BCUT2D eigenvalue weighted by Gasteiger charge is 2.17. The van der Waals surface area contributed by atoms with Crippen LogP contribution in [0, 0.1) is 0 Å². The molecule has 1 aliphatic rings. The lowest BCUT2D eigenvalue weighted by Gasteiger charge is -2.07. The number of nitrogens with one attached hydrogen (secondary N) is 1. The van der Waals surface area contributed by atoms with Crippen molar-refractivity contribution < 1.29 is 4.79 Å². The fourth-order valence-electron chi connectivity index (χ4n) is 3.03. The number of benzene rings is 1. The number of carbonyl (C=O) groups is 1. The van der Waals surface area contributed by atoms with Crippen molar-refractivity contribution >= 4 is 28.8 Å². The van der Waals surface area contributed by atoms with Gasteiger partial charge in [0.15, 0.2) is 5.82 Å². The Labute approximate surface area is 160 Å². The van der Waals surface area contributed by atoms with Gasteiger partial charge in [-0.25, -0.2) is 4.98 Å². The summed E-state index contributed by atoms with van der Waals surface area (Å²) in [7, 11) is 0. The van der Waals surface area contributed by atoms with Crippen LogP contribution in [0.4, 0.5) is 0 Å². The van der Waals surface area contributed by atoms with Gasteiger partial charge < -0.3 is 9.88 Å². The van der Waals surface area contributed by atoms with Gasteiger partial charge in [0.25, 0.3) is 5.91 Å². The fourth-order valence-corrected chi connectivity index (χ4v) is 3.96. The predicted molar refractivity (Wildman–Crippen MR) is 101 cm³/mol. The highest BCUT2D eigenvalue weighted by molar-refractivity contribution is 7.13. The molecule has 1 amide bonds. The predicted octanol–water partition coefficient (Wildman–Crippen LogP) is 3.71. The molecule has 0 fully saturated rings. The van der Waals surface area contributed by atoms with E-state index < -0.39 is 0 Å². The number of aromatic nitrogens is 4.